The summed E-state index contributed by atoms with van der Waals surface area (Å²) >= 11 is 0. The fraction of sp³-hybridized carbons (Fsp3) is 0.286. The molecule has 0 unspecified atom stereocenters. The number of hydrogen-bond donors (Lipinski definition) is 1. The monoisotopic (exact) mass is 412 g/mol. The molecular weight excluding hydrogens is 394 g/mol. The van der Waals surface area contributed by atoms with Crippen LogP contribution >= 0.6 is 0 Å². The normalized spacial score (nSPS) is 14.5. The van der Waals surface area contributed by atoms with Gasteiger partial charge in [0.2, 0.25) is 0 Å². The van der Waals surface area contributed by atoms with Crippen LogP contribution in [0.15, 0.2) is 53.6 Å². The summed E-state index contributed by atoms with van der Waals surface area (Å²) < 4.78 is 29.1. The quantitative estimate of drug-likeness (QED) is 0.568. The van der Waals surface area contributed by atoms with Crippen LogP contribution in [-0.2, 0) is 0 Å². The predicted molar refractivity (Wildman–Crippen MR) is 103 cm³/mol. The van der Waals surface area contributed by atoms with Gasteiger partial charge in [-0.25, -0.2) is 15.0 Å². The molecule has 1 saturated carbocycles. The lowest BCUT2D eigenvalue weighted by atomic mass is 9.88. The van der Waals surface area contributed by atoms with Gasteiger partial charge in [0.15, 0.2) is 17.4 Å². The van der Waals surface area contributed by atoms with Crippen LogP contribution in [0.1, 0.15) is 41.2 Å². The molecule has 1 aliphatic rings. The Morgan fingerprint density at radius 1 is 1.17 bits per heavy atom. The van der Waals surface area contributed by atoms with Crippen LogP contribution in [0.2, 0.25) is 0 Å². The number of halogens is 2. The Bertz CT molecular complexity index is 1080. The second-order valence-corrected chi connectivity index (χ2v) is 7.07. The van der Waals surface area contributed by atoms with Gasteiger partial charge in [-0.05, 0) is 48.4 Å². The lowest BCUT2D eigenvalue weighted by molar-refractivity contribution is -0.0498. The van der Waals surface area contributed by atoms with Crippen LogP contribution in [0.25, 0.3) is 11.6 Å². The summed E-state index contributed by atoms with van der Waals surface area (Å²) in [7, 11) is 0. The van der Waals surface area contributed by atoms with E-state index in [0.29, 0.717) is 5.92 Å². The Morgan fingerprint density at radius 3 is 2.50 bits per heavy atom. The SMILES string of the molecule is O=C(C[C@@H](c1ccc(OC(F)F)cc1)C1CC1)c1cc(=O)[nH]c(-c2ncccn2)n1. The lowest BCUT2D eigenvalue weighted by Gasteiger charge is -2.16. The highest BCUT2D eigenvalue weighted by atomic mass is 19.3. The molecule has 1 N–H and O–H groups in total. The van der Waals surface area contributed by atoms with Gasteiger partial charge in [-0.15, -0.1) is 0 Å². The summed E-state index contributed by atoms with van der Waals surface area (Å²) in [5.74, 6) is 0.382. The highest BCUT2D eigenvalue weighted by molar-refractivity contribution is 5.95. The number of alkyl halides is 2. The Hall–Kier alpha value is -3.49. The Balaban J connectivity index is 1.56. The zero-order chi connectivity index (χ0) is 21.1. The number of H-pyrrole nitrogens is 1. The first-order valence-electron chi connectivity index (χ1n) is 9.46. The molecule has 9 heteroatoms. The van der Waals surface area contributed by atoms with E-state index in [0.717, 1.165) is 24.5 Å². The van der Waals surface area contributed by atoms with E-state index < -0.39 is 12.2 Å². The van der Waals surface area contributed by atoms with E-state index in [4.69, 9.17) is 0 Å². The van der Waals surface area contributed by atoms with Crippen molar-refractivity contribution in [1.82, 2.24) is 19.9 Å². The number of ether oxygens (including phenoxy) is 1. The van der Waals surface area contributed by atoms with Crippen LogP contribution in [0.4, 0.5) is 8.78 Å². The Kier molecular flexibility index (Phi) is 5.60. The Labute approximate surface area is 170 Å². The van der Waals surface area contributed by atoms with Gasteiger partial charge in [0.05, 0.1) is 0 Å². The van der Waals surface area contributed by atoms with Crippen molar-refractivity contribution in [3.63, 3.8) is 0 Å². The molecule has 30 heavy (non-hydrogen) atoms. The number of nitrogens with one attached hydrogen (secondary N) is 1. The molecule has 0 radical (unpaired) electrons. The van der Waals surface area contributed by atoms with E-state index in [2.05, 4.69) is 24.7 Å². The number of benzene rings is 1. The van der Waals surface area contributed by atoms with Crippen molar-refractivity contribution in [1.29, 1.82) is 0 Å². The van der Waals surface area contributed by atoms with Crippen molar-refractivity contribution in [3.8, 4) is 17.4 Å². The van der Waals surface area contributed by atoms with Crippen molar-refractivity contribution in [2.24, 2.45) is 5.92 Å². The summed E-state index contributed by atoms with van der Waals surface area (Å²) in [5, 5.41) is 0. The molecule has 154 valence electrons. The molecule has 2 aromatic heterocycles. The van der Waals surface area contributed by atoms with Crippen LogP contribution in [0, 0.1) is 5.92 Å². The molecule has 3 aromatic rings. The summed E-state index contributed by atoms with van der Waals surface area (Å²) in [6.07, 6.45) is 5.16. The van der Waals surface area contributed by atoms with Crippen molar-refractivity contribution in [3.05, 3.63) is 70.4 Å². The maximum Gasteiger partial charge on any atom is 0.387 e. The topological polar surface area (TPSA) is 97.8 Å². The van der Waals surface area contributed by atoms with Gasteiger partial charge in [0.1, 0.15) is 11.4 Å². The van der Waals surface area contributed by atoms with E-state index in [1.807, 2.05) is 0 Å². The smallest absolute Gasteiger partial charge is 0.387 e. The second kappa shape index (κ2) is 8.48. The molecule has 7 nitrogen and oxygen atoms in total. The van der Waals surface area contributed by atoms with Crippen molar-refractivity contribution >= 4 is 5.78 Å². The highest BCUT2D eigenvalue weighted by Gasteiger charge is 2.34. The molecule has 1 aliphatic carbocycles. The standard InChI is InChI=1S/C21H18F2N4O3/c22-21(23)30-14-6-4-13(5-7-14)15(12-2-3-12)10-17(28)16-11-18(29)27-20(26-16)19-24-8-1-9-25-19/h1,4-9,11-12,15,21H,2-3,10H2,(H,26,27,29)/t15-/m1/s1. The number of carbonyl (C=O) groups excluding carboxylic acids is 1. The van der Waals surface area contributed by atoms with Gasteiger partial charge in [0.25, 0.3) is 5.56 Å². The number of nitrogens with zero attached hydrogens (tertiary/aromatic N) is 3. The summed E-state index contributed by atoms with van der Waals surface area (Å²) in [6.45, 7) is -2.89. The molecular formula is C21H18F2N4O3. The van der Waals surface area contributed by atoms with Crippen LogP contribution < -0.4 is 10.3 Å². The van der Waals surface area contributed by atoms with E-state index in [1.54, 1.807) is 18.2 Å². The van der Waals surface area contributed by atoms with Crippen LogP contribution in [0.5, 0.6) is 5.75 Å². The second-order valence-electron chi connectivity index (χ2n) is 7.07. The van der Waals surface area contributed by atoms with Crippen LogP contribution in [-0.4, -0.2) is 32.3 Å². The molecule has 0 aliphatic heterocycles. The minimum Gasteiger partial charge on any atom is -0.435 e. The third-order valence-electron chi connectivity index (χ3n) is 4.93. The maximum absolute atomic E-state index is 12.9. The number of hydrogen-bond acceptors (Lipinski definition) is 6. The van der Waals surface area contributed by atoms with Gasteiger partial charge < -0.3 is 9.72 Å². The molecule has 1 atom stereocenters. The highest BCUT2D eigenvalue weighted by Crippen LogP contribution is 2.45. The lowest BCUT2D eigenvalue weighted by Crippen LogP contribution is -2.17. The third-order valence-corrected chi connectivity index (χ3v) is 4.93. The molecule has 1 aromatic carbocycles. The van der Waals surface area contributed by atoms with E-state index in [9.17, 15) is 18.4 Å². The summed E-state index contributed by atoms with van der Waals surface area (Å²) in [5.41, 5.74) is 0.445. The molecule has 1 fully saturated rings. The van der Waals surface area contributed by atoms with Crippen molar-refractivity contribution in [2.75, 3.05) is 0 Å². The predicted octanol–water partition coefficient (Wildman–Crippen LogP) is 3.59. The number of carbonyl (C=O) groups is 1. The number of aromatic amines is 1. The molecule has 0 spiro atoms. The van der Waals surface area contributed by atoms with Gasteiger partial charge in [-0.3, -0.25) is 9.59 Å². The number of rotatable bonds is 8. The van der Waals surface area contributed by atoms with E-state index in [1.165, 1.54) is 24.5 Å². The van der Waals surface area contributed by atoms with Crippen molar-refractivity contribution < 1.29 is 18.3 Å². The number of aromatic nitrogens is 4. The largest absolute Gasteiger partial charge is 0.435 e. The molecule has 4 rings (SSSR count). The molecule has 0 amide bonds. The maximum atomic E-state index is 12.9. The van der Waals surface area contributed by atoms with Gasteiger partial charge in [-0.2, -0.15) is 8.78 Å². The summed E-state index contributed by atoms with van der Waals surface area (Å²) in [6, 6.07) is 9.13. The third kappa shape index (κ3) is 4.73. The van der Waals surface area contributed by atoms with Gasteiger partial charge in [0, 0.05) is 24.9 Å². The van der Waals surface area contributed by atoms with E-state index >= 15 is 0 Å². The minimum atomic E-state index is -2.89. The summed E-state index contributed by atoms with van der Waals surface area (Å²) in [4.78, 5) is 39.8. The van der Waals surface area contributed by atoms with Crippen LogP contribution in [0.3, 0.4) is 0 Å². The zero-order valence-corrected chi connectivity index (χ0v) is 15.8. The first-order valence-corrected chi connectivity index (χ1v) is 9.46. The fourth-order valence-electron chi connectivity index (χ4n) is 3.38. The number of Topliss-reactive ketones (excluding diaryl/α,β-unsaturated/α-hetero) is 1. The van der Waals surface area contributed by atoms with Crippen molar-refractivity contribution in [2.45, 2.75) is 31.8 Å². The fourth-order valence-corrected chi connectivity index (χ4v) is 3.38. The molecule has 0 bridgehead atoms. The Morgan fingerprint density at radius 2 is 1.87 bits per heavy atom. The first-order chi connectivity index (χ1) is 14.5. The first kappa shape index (κ1) is 19.8. The molecule has 0 saturated heterocycles. The average Bonchev–Trinajstić information content (AvgIpc) is 3.57. The van der Waals surface area contributed by atoms with Gasteiger partial charge >= 0.3 is 6.61 Å². The zero-order valence-electron chi connectivity index (χ0n) is 15.8. The number of ketones is 1. The molecule has 2 heterocycles. The van der Waals surface area contributed by atoms with Gasteiger partial charge in [-0.1, -0.05) is 12.1 Å². The van der Waals surface area contributed by atoms with E-state index in [-0.39, 0.29) is 41.2 Å². The minimum absolute atomic E-state index is 0.0458. The average molecular weight is 412 g/mol.